The van der Waals surface area contributed by atoms with E-state index in [4.69, 9.17) is 10.00 Å². The smallest absolute Gasteiger partial charge is 0.306 e. The molecule has 0 amide bonds. The van der Waals surface area contributed by atoms with Gasteiger partial charge in [0.2, 0.25) is 0 Å². The van der Waals surface area contributed by atoms with E-state index in [2.05, 4.69) is 10.8 Å². The van der Waals surface area contributed by atoms with Crippen molar-refractivity contribution in [1.29, 1.82) is 5.26 Å². The predicted octanol–water partition coefficient (Wildman–Crippen LogP) is 2.36. The summed E-state index contributed by atoms with van der Waals surface area (Å²) in [5.41, 5.74) is 1.57. The topological polar surface area (TPSA) is 59.3 Å². The predicted molar refractivity (Wildman–Crippen MR) is 70.5 cm³/mol. The van der Waals surface area contributed by atoms with Crippen molar-refractivity contribution >= 4 is 17.7 Å². The molecule has 0 unspecified atom stereocenters. The van der Waals surface area contributed by atoms with Crippen LogP contribution in [0.2, 0.25) is 0 Å². The summed E-state index contributed by atoms with van der Waals surface area (Å²) in [6, 6.07) is 7.61. The Morgan fingerprint density at radius 1 is 1.44 bits per heavy atom. The molecule has 0 aliphatic rings. The number of methoxy groups -OCH3 is 2. The zero-order chi connectivity index (χ0) is 13.4. The van der Waals surface area contributed by atoms with Gasteiger partial charge in [-0.3, -0.25) is 4.79 Å². The van der Waals surface area contributed by atoms with Gasteiger partial charge >= 0.3 is 5.97 Å². The zero-order valence-electron chi connectivity index (χ0n) is 10.4. The van der Waals surface area contributed by atoms with Crippen molar-refractivity contribution in [2.45, 2.75) is 12.2 Å². The second-order valence-corrected chi connectivity index (χ2v) is 4.63. The van der Waals surface area contributed by atoms with Crippen LogP contribution >= 0.6 is 11.8 Å². The molecular weight excluding hydrogens is 250 g/mol. The molecule has 0 N–H and O–H groups in total. The van der Waals surface area contributed by atoms with Gasteiger partial charge < -0.3 is 9.47 Å². The van der Waals surface area contributed by atoms with Gasteiger partial charge in [0.15, 0.2) is 0 Å². The standard InChI is InChI=1S/C13H15NO3S/c1-16-12-4-3-10(7-11(12)8-14)9-18-6-5-13(15)17-2/h3-4,7H,5-6,9H2,1-2H3. The molecule has 0 spiro atoms. The lowest BCUT2D eigenvalue weighted by molar-refractivity contribution is -0.140. The molecule has 0 bridgehead atoms. The number of nitriles is 1. The van der Waals surface area contributed by atoms with E-state index in [-0.39, 0.29) is 5.97 Å². The zero-order valence-corrected chi connectivity index (χ0v) is 11.3. The summed E-state index contributed by atoms with van der Waals surface area (Å²) in [5.74, 6) is 1.85. The minimum Gasteiger partial charge on any atom is -0.495 e. The molecule has 96 valence electrons. The van der Waals surface area contributed by atoms with Crippen LogP contribution in [0, 0.1) is 11.3 Å². The second kappa shape index (κ2) is 7.62. The Hall–Kier alpha value is -1.67. The van der Waals surface area contributed by atoms with E-state index in [0.717, 1.165) is 11.3 Å². The van der Waals surface area contributed by atoms with Crippen LogP contribution in [0.1, 0.15) is 17.5 Å². The van der Waals surface area contributed by atoms with Gasteiger partial charge in [-0.05, 0) is 17.7 Å². The summed E-state index contributed by atoms with van der Waals surface area (Å²) >= 11 is 1.63. The van der Waals surface area contributed by atoms with E-state index < -0.39 is 0 Å². The summed E-state index contributed by atoms with van der Waals surface area (Å²) < 4.78 is 9.63. The van der Waals surface area contributed by atoms with Crippen molar-refractivity contribution in [2.75, 3.05) is 20.0 Å². The van der Waals surface area contributed by atoms with Crippen LogP contribution in [0.3, 0.4) is 0 Å². The Morgan fingerprint density at radius 3 is 2.83 bits per heavy atom. The van der Waals surface area contributed by atoms with Crippen LogP contribution in [-0.2, 0) is 15.3 Å². The lowest BCUT2D eigenvalue weighted by atomic mass is 10.1. The van der Waals surface area contributed by atoms with Crippen molar-refractivity contribution in [2.24, 2.45) is 0 Å². The van der Waals surface area contributed by atoms with Crippen LogP contribution in [-0.4, -0.2) is 25.9 Å². The summed E-state index contributed by atoms with van der Waals surface area (Å²) in [6.07, 6.45) is 0.405. The molecule has 0 heterocycles. The highest BCUT2D eigenvalue weighted by Gasteiger charge is 2.04. The maximum Gasteiger partial charge on any atom is 0.306 e. The molecule has 4 nitrogen and oxygen atoms in total. The Balaban J connectivity index is 2.48. The summed E-state index contributed by atoms with van der Waals surface area (Å²) in [4.78, 5) is 10.9. The van der Waals surface area contributed by atoms with Crippen LogP contribution in [0.15, 0.2) is 18.2 Å². The van der Waals surface area contributed by atoms with Crippen LogP contribution in [0.4, 0.5) is 0 Å². The molecule has 1 aromatic carbocycles. The highest BCUT2D eigenvalue weighted by molar-refractivity contribution is 7.98. The van der Waals surface area contributed by atoms with Gasteiger partial charge in [-0.15, -0.1) is 0 Å². The number of benzene rings is 1. The molecule has 18 heavy (non-hydrogen) atoms. The summed E-state index contributed by atoms with van der Waals surface area (Å²) in [7, 11) is 2.93. The lowest BCUT2D eigenvalue weighted by Gasteiger charge is -2.05. The van der Waals surface area contributed by atoms with E-state index in [1.165, 1.54) is 7.11 Å². The number of carbonyl (C=O) groups is 1. The minimum atomic E-state index is -0.199. The average Bonchev–Trinajstić information content (AvgIpc) is 2.42. The number of hydrogen-bond acceptors (Lipinski definition) is 5. The molecule has 0 aliphatic heterocycles. The first kappa shape index (κ1) is 14.4. The molecule has 0 saturated carbocycles. The van der Waals surface area contributed by atoms with Gasteiger partial charge in [-0.2, -0.15) is 17.0 Å². The molecule has 0 saturated heterocycles. The first-order valence-electron chi connectivity index (χ1n) is 5.42. The van der Waals surface area contributed by atoms with Gasteiger partial charge in [0, 0.05) is 11.5 Å². The molecule has 0 aromatic heterocycles. The van der Waals surface area contributed by atoms with E-state index in [1.54, 1.807) is 24.9 Å². The Morgan fingerprint density at radius 2 is 2.22 bits per heavy atom. The fourth-order valence-electron chi connectivity index (χ4n) is 1.38. The average molecular weight is 265 g/mol. The van der Waals surface area contributed by atoms with Gasteiger partial charge in [0.1, 0.15) is 11.8 Å². The number of thioether (sulfide) groups is 1. The van der Waals surface area contributed by atoms with Gasteiger partial charge in [-0.1, -0.05) is 6.07 Å². The fourth-order valence-corrected chi connectivity index (χ4v) is 2.25. The maximum absolute atomic E-state index is 10.9. The molecular formula is C13H15NO3S. The number of hydrogen-bond donors (Lipinski definition) is 0. The Kier molecular flexibility index (Phi) is 6.09. The van der Waals surface area contributed by atoms with Gasteiger partial charge in [0.05, 0.1) is 26.2 Å². The molecule has 0 atom stereocenters. The number of rotatable bonds is 6. The summed E-state index contributed by atoms with van der Waals surface area (Å²) in [6.45, 7) is 0. The van der Waals surface area contributed by atoms with Crippen LogP contribution in [0.25, 0.3) is 0 Å². The number of ether oxygens (including phenoxy) is 2. The number of esters is 1. The van der Waals surface area contributed by atoms with E-state index >= 15 is 0 Å². The highest BCUT2D eigenvalue weighted by Crippen LogP contribution is 2.21. The third-order valence-corrected chi connectivity index (χ3v) is 3.36. The Bertz CT molecular complexity index is 454. The molecule has 1 aromatic rings. The van der Waals surface area contributed by atoms with Gasteiger partial charge in [-0.25, -0.2) is 0 Å². The molecule has 0 fully saturated rings. The van der Waals surface area contributed by atoms with Crippen molar-refractivity contribution in [1.82, 2.24) is 0 Å². The van der Waals surface area contributed by atoms with Crippen LogP contribution in [0.5, 0.6) is 5.75 Å². The number of nitrogens with zero attached hydrogens (tertiary/aromatic N) is 1. The van der Waals surface area contributed by atoms with E-state index in [1.807, 2.05) is 12.1 Å². The fraction of sp³-hybridized carbons (Fsp3) is 0.385. The van der Waals surface area contributed by atoms with Crippen molar-refractivity contribution < 1.29 is 14.3 Å². The maximum atomic E-state index is 10.9. The third-order valence-electron chi connectivity index (χ3n) is 2.33. The third kappa shape index (κ3) is 4.30. The Labute approximate surface area is 111 Å². The second-order valence-electron chi connectivity index (χ2n) is 3.53. The largest absolute Gasteiger partial charge is 0.495 e. The van der Waals surface area contributed by atoms with Gasteiger partial charge in [0.25, 0.3) is 0 Å². The summed E-state index contributed by atoms with van der Waals surface area (Å²) in [5, 5.41) is 8.95. The molecule has 0 radical (unpaired) electrons. The normalized spacial score (nSPS) is 9.61. The SMILES string of the molecule is COC(=O)CCSCc1ccc(OC)c(C#N)c1. The number of carbonyl (C=O) groups excluding carboxylic acids is 1. The van der Waals surface area contributed by atoms with E-state index in [9.17, 15) is 4.79 Å². The minimum absolute atomic E-state index is 0.199. The van der Waals surface area contributed by atoms with Crippen LogP contribution < -0.4 is 4.74 Å². The molecule has 0 aliphatic carbocycles. The monoisotopic (exact) mass is 265 g/mol. The van der Waals surface area contributed by atoms with Crippen molar-refractivity contribution in [3.05, 3.63) is 29.3 Å². The first-order chi connectivity index (χ1) is 8.71. The molecule has 1 rings (SSSR count). The van der Waals surface area contributed by atoms with Crippen molar-refractivity contribution in [3.8, 4) is 11.8 Å². The molecule has 5 heteroatoms. The van der Waals surface area contributed by atoms with Crippen molar-refractivity contribution in [3.63, 3.8) is 0 Å². The highest BCUT2D eigenvalue weighted by atomic mass is 32.2. The van der Waals surface area contributed by atoms with E-state index in [0.29, 0.717) is 23.5 Å². The quantitative estimate of drug-likeness (QED) is 0.583. The lowest BCUT2D eigenvalue weighted by Crippen LogP contribution is -2.01. The first-order valence-corrected chi connectivity index (χ1v) is 6.58.